The molecule has 2 atom stereocenters. The first kappa shape index (κ1) is 20.5. The minimum absolute atomic E-state index is 0.169. The predicted octanol–water partition coefficient (Wildman–Crippen LogP) is 1.36. The topological polar surface area (TPSA) is 117 Å². The van der Waals surface area contributed by atoms with Crippen molar-refractivity contribution in [3.05, 3.63) is 59.7 Å². The number of carbonyl (C=O) groups is 3. The van der Waals surface area contributed by atoms with E-state index in [1.807, 2.05) is 24.3 Å². The van der Waals surface area contributed by atoms with Gasteiger partial charge < -0.3 is 20.5 Å². The van der Waals surface area contributed by atoms with Gasteiger partial charge in [0.1, 0.15) is 11.6 Å². The monoisotopic (exact) mass is 397 g/mol. The van der Waals surface area contributed by atoms with Crippen LogP contribution in [0.2, 0.25) is 0 Å². The molecule has 1 saturated heterocycles. The number of aliphatic hydroxyl groups is 1. The van der Waals surface area contributed by atoms with E-state index >= 15 is 0 Å². The lowest BCUT2D eigenvalue weighted by Gasteiger charge is -2.27. The molecule has 152 valence electrons. The number of hydrogen-bond donors (Lipinski definition) is 4. The largest absolute Gasteiger partial charge is 0.385 e. The zero-order chi connectivity index (χ0) is 21.0. The Kier molecular flexibility index (Phi) is 5.95. The molecule has 4 amide bonds. The van der Waals surface area contributed by atoms with Gasteiger partial charge in [-0.1, -0.05) is 36.4 Å². The fraction of sp³-hybridized carbons (Fsp3) is 0.286. The number of aliphatic hydroxyl groups excluding tert-OH is 1. The molecule has 29 heavy (non-hydrogen) atoms. The summed E-state index contributed by atoms with van der Waals surface area (Å²) in [6, 6.07) is 13.5. The molecule has 8 nitrogen and oxygen atoms in total. The molecule has 0 radical (unpaired) electrons. The van der Waals surface area contributed by atoms with Gasteiger partial charge in [-0.3, -0.25) is 14.9 Å². The van der Waals surface area contributed by atoms with Crippen LogP contribution in [0.3, 0.4) is 0 Å². The van der Waals surface area contributed by atoms with Crippen molar-refractivity contribution >= 4 is 17.8 Å². The van der Waals surface area contributed by atoms with Gasteiger partial charge in [-0.15, -0.1) is 0 Å². The molecule has 8 heteroatoms. The molecule has 2 unspecified atom stereocenters. The van der Waals surface area contributed by atoms with Gasteiger partial charge >= 0.3 is 6.03 Å². The van der Waals surface area contributed by atoms with Crippen molar-refractivity contribution in [2.45, 2.75) is 18.6 Å². The molecule has 1 heterocycles. The summed E-state index contributed by atoms with van der Waals surface area (Å²) in [5.74, 6) is -0.740. The van der Waals surface area contributed by atoms with Crippen molar-refractivity contribution < 1.29 is 24.2 Å². The van der Waals surface area contributed by atoms with Gasteiger partial charge in [-0.2, -0.15) is 0 Å². The fourth-order valence-corrected chi connectivity index (χ4v) is 3.12. The van der Waals surface area contributed by atoms with Crippen LogP contribution in [-0.4, -0.2) is 48.8 Å². The molecular weight excluding hydrogens is 374 g/mol. The van der Waals surface area contributed by atoms with E-state index in [1.54, 1.807) is 31.4 Å². The average Bonchev–Trinajstić information content (AvgIpc) is 3.00. The molecule has 0 saturated carbocycles. The van der Waals surface area contributed by atoms with E-state index in [-0.39, 0.29) is 5.91 Å². The maximum atomic E-state index is 12.0. The minimum Gasteiger partial charge on any atom is -0.385 e. The SMILES string of the molecule is COCCNC(=O)c1ccc(-c2ccc(C(O)C3(C)NC(=O)NC3=O)cc2)cc1. The second-order valence-corrected chi connectivity index (χ2v) is 6.96. The maximum Gasteiger partial charge on any atom is 0.322 e. The third-order valence-corrected chi connectivity index (χ3v) is 4.92. The third-order valence-electron chi connectivity index (χ3n) is 4.92. The highest BCUT2D eigenvalue weighted by molar-refractivity contribution is 6.07. The lowest BCUT2D eigenvalue weighted by molar-refractivity contribution is -0.127. The molecule has 3 rings (SSSR count). The number of nitrogens with one attached hydrogen (secondary N) is 3. The number of imide groups is 1. The van der Waals surface area contributed by atoms with Gasteiger partial charge in [0, 0.05) is 19.2 Å². The second kappa shape index (κ2) is 8.42. The molecule has 2 aromatic rings. The van der Waals surface area contributed by atoms with Crippen LogP contribution in [0.1, 0.15) is 28.9 Å². The summed E-state index contributed by atoms with van der Waals surface area (Å²) < 4.78 is 4.91. The second-order valence-electron chi connectivity index (χ2n) is 6.96. The number of rotatable bonds is 7. The maximum absolute atomic E-state index is 12.0. The van der Waals surface area contributed by atoms with Gasteiger partial charge in [0.05, 0.1) is 6.61 Å². The van der Waals surface area contributed by atoms with Crippen LogP contribution in [0.5, 0.6) is 0 Å². The molecule has 2 aromatic carbocycles. The minimum atomic E-state index is -1.42. The van der Waals surface area contributed by atoms with Gasteiger partial charge in [-0.25, -0.2) is 4.79 Å². The van der Waals surface area contributed by atoms with E-state index in [4.69, 9.17) is 4.74 Å². The van der Waals surface area contributed by atoms with Gasteiger partial charge in [0.2, 0.25) is 0 Å². The van der Waals surface area contributed by atoms with E-state index in [9.17, 15) is 19.5 Å². The molecular formula is C21H23N3O5. The summed E-state index contributed by atoms with van der Waals surface area (Å²) >= 11 is 0. The molecule has 0 aliphatic carbocycles. The average molecular weight is 397 g/mol. The van der Waals surface area contributed by atoms with Gasteiger partial charge in [0.15, 0.2) is 0 Å². The zero-order valence-corrected chi connectivity index (χ0v) is 16.2. The van der Waals surface area contributed by atoms with E-state index in [0.29, 0.717) is 24.3 Å². The van der Waals surface area contributed by atoms with Crippen LogP contribution < -0.4 is 16.0 Å². The Labute approximate surface area is 168 Å². The Morgan fingerprint density at radius 2 is 1.69 bits per heavy atom. The molecule has 1 aliphatic rings. The summed E-state index contributed by atoms with van der Waals surface area (Å²) in [4.78, 5) is 35.4. The van der Waals surface area contributed by atoms with Crippen LogP contribution >= 0.6 is 0 Å². The highest BCUT2D eigenvalue weighted by atomic mass is 16.5. The van der Waals surface area contributed by atoms with Crippen molar-refractivity contribution in [3.63, 3.8) is 0 Å². The van der Waals surface area contributed by atoms with Gasteiger partial charge in [0.25, 0.3) is 11.8 Å². The number of amides is 4. The number of benzene rings is 2. The molecule has 0 bridgehead atoms. The van der Waals surface area contributed by atoms with Crippen molar-refractivity contribution in [1.29, 1.82) is 0 Å². The number of hydrogen-bond acceptors (Lipinski definition) is 5. The fourth-order valence-electron chi connectivity index (χ4n) is 3.12. The van der Waals surface area contributed by atoms with Crippen LogP contribution in [0.15, 0.2) is 48.5 Å². The Morgan fingerprint density at radius 1 is 1.10 bits per heavy atom. The smallest absolute Gasteiger partial charge is 0.322 e. The van der Waals surface area contributed by atoms with Crippen molar-refractivity contribution in [2.24, 2.45) is 0 Å². The Bertz CT molecular complexity index is 911. The highest BCUT2D eigenvalue weighted by Crippen LogP contribution is 2.30. The quantitative estimate of drug-likeness (QED) is 0.416. The first-order valence-corrected chi connectivity index (χ1v) is 9.14. The molecule has 0 aromatic heterocycles. The number of carbonyl (C=O) groups excluding carboxylic acids is 3. The van der Waals surface area contributed by atoms with E-state index in [1.165, 1.54) is 6.92 Å². The summed E-state index contributed by atoms with van der Waals surface area (Å²) in [6.45, 7) is 2.37. The highest BCUT2D eigenvalue weighted by Gasteiger charge is 2.48. The summed E-state index contributed by atoms with van der Waals surface area (Å²) in [6.07, 6.45) is -1.19. The Morgan fingerprint density at radius 3 is 2.21 bits per heavy atom. The van der Waals surface area contributed by atoms with Crippen LogP contribution in [0.25, 0.3) is 11.1 Å². The van der Waals surface area contributed by atoms with Gasteiger partial charge in [-0.05, 0) is 35.7 Å². The zero-order valence-electron chi connectivity index (χ0n) is 16.2. The van der Waals surface area contributed by atoms with Crippen molar-refractivity contribution in [2.75, 3.05) is 20.3 Å². The molecule has 1 aliphatic heterocycles. The van der Waals surface area contributed by atoms with E-state index in [2.05, 4.69) is 16.0 Å². The predicted molar refractivity (Wildman–Crippen MR) is 106 cm³/mol. The summed E-state index contributed by atoms with van der Waals surface area (Å²) in [5, 5.41) is 17.9. The van der Waals surface area contributed by atoms with E-state index < -0.39 is 23.6 Å². The lowest BCUT2D eigenvalue weighted by Crippen LogP contribution is -2.49. The van der Waals surface area contributed by atoms with Crippen LogP contribution in [0, 0.1) is 0 Å². The van der Waals surface area contributed by atoms with Crippen LogP contribution in [0.4, 0.5) is 4.79 Å². The normalized spacial score (nSPS) is 19.4. The number of methoxy groups -OCH3 is 1. The van der Waals surface area contributed by atoms with Crippen LogP contribution in [-0.2, 0) is 9.53 Å². The first-order chi connectivity index (χ1) is 13.8. The molecule has 1 fully saturated rings. The third kappa shape index (κ3) is 4.28. The summed E-state index contributed by atoms with van der Waals surface area (Å²) in [7, 11) is 1.57. The molecule has 0 spiro atoms. The standard InChI is InChI=1S/C21H23N3O5/c1-21(19(27)23-20(28)24-21)17(25)15-7-3-13(4-8-15)14-5-9-16(10-6-14)18(26)22-11-12-29-2/h3-10,17,25H,11-12H2,1-2H3,(H,22,26)(H2,23,24,27,28). The Hall–Kier alpha value is -3.23. The Balaban J connectivity index is 1.71. The first-order valence-electron chi connectivity index (χ1n) is 9.14. The summed E-state index contributed by atoms with van der Waals surface area (Å²) in [5.41, 5.74) is 1.42. The number of ether oxygens (including phenoxy) is 1. The lowest BCUT2D eigenvalue weighted by atomic mass is 9.88. The van der Waals surface area contributed by atoms with Crippen molar-refractivity contribution in [1.82, 2.24) is 16.0 Å². The molecule has 4 N–H and O–H groups in total. The van der Waals surface area contributed by atoms with E-state index in [0.717, 1.165) is 11.1 Å². The number of urea groups is 1. The van der Waals surface area contributed by atoms with Crippen molar-refractivity contribution in [3.8, 4) is 11.1 Å².